The molecule has 2 aliphatic heterocycles. The first-order valence-corrected chi connectivity index (χ1v) is 12.8. The van der Waals surface area contributed by atoms with Crippen molar-refractivity contribution in [1.29, 1.82) is 0 Å². The second-order valence-corrected chi connectivity index (χ2v) is 11.8. The van der Waals surface area contributed by atoms with Gasteiger partial charge in [0.1, 0.15) is 0 Å². The zero-order valence-electron chi connectivity index (χ0n) is 17.3. The summed E-state index contributed by atoms with van der Waals surface area (Å²) in [6.07, 6.45) is 7.86. The second kappa shape index (κ2) is 6.49. The van der Waals surface area contributed by atoms with Crippen LogP contribution in [0.5, 0.6) is 0 Å². The molecule has 150 valence electrons. The molecule has 0 aliphatic carbocycles. The fourth-order valence-electron chi connectivity index (χ4n) is 5.64. The first-order valence-electron chi connectivity index (χ1n) is 10.8. The molecule has 3 nitrogen and oxygen atoms in total. The SMILES string of the molecule is c1ccc([Si]23c4ccccc4-c4cnccc4N2c2ccncc2-c2ccccc23)cc1. The van der Waals surface area contributed by atoms with Crippen molar-refractivity contribution in [2.24, 2.45) is 0 Å². The maximum absolute atomic E-state index is 4.51. The van der Waals surface area contributed by atoms with E-state index < -0.39 is 8.24 Å². The molecule has 7 rings (SSSR count). The summed E-state index contributed by atoms with van der Waals surface area (Å²) in [6.45, 7) is 0. The number of fused-ring (bicyclic) bond motifs is 11. The summed E-state index contributed by atoms with van der Waals surface area (Å²) < 4.78 is 2.64. The first kappa shape index (κ1) is 17.6. The van der Waals surface area contributed by atoms with Crippen LogP contribution in [0, 0.1) is 0 Å². The molecule has 5 aromatic rings. The molecule has 0 unspecified atom stereocenters. The minimum atomic E-state index is -2.64. The topological polar surface area (TPSA) is 29.0 Å². The minimum absolute atomic E-state index is 1.18. The minimum Gasteiger partial charge on any atom is -0.355 e. The van der Waals surface area contributed by atoms with Gasteiger partial charge in [-0.05, 0) is 38.8 Å². The van der Waals surface area contributed by atoms with E-state index in [-0.39, 0.29) is 0 Å². The van der Waals surface area contributed by atoms with Gasteiger partial charge in [-0.15, -0.1) is 0 Å². The highest BCUT2D eigenvalue weighted by molar-refractivity contribution is 7.16. The van der Waals surface area contributed by atoms with Crippen LogP contribution < -0.4 is 20.1 Å². The van der Waals surface area contributed by atoms with Crippen molar-refractivity contribution < 1.29 is 0 Å². The number of anilines is 2. The lowest BCUT2D eigenvalue weighted by Crippen LogP contribution is -2.79. The number of rotatable bonds is 1. The summed E-state index contributed by atoms with van der Waals surface area (Å²) in [4.78, 5) is 9.01. The maximum atomic E-state index is 4.51. The van der Waals surface area contributed by atoms with E-state index >= 15 is 0 Å². The van der Waals surface area contributed by atoms with E-state index in [4.69, 9.17) is 0 Å². The fourth-order valence-corrected chi connectivity index (χ4v) is 11.0. The molecule has 0 fully saturated rings. The normalized spacial score (nSPS) is 14.4. The van der Waals surface area contributed by atoms with Crippen LogP contribution in [0.15, 0.2) is 116 Å². The predicted molar refractivity (Wildman–Crippen MR) is 133 cm³/mol. The lowest BCUT2D eigenvalue weighted by molar-refractivity contribution is 1.24. The van der Waals surface area contributed by atoms with Crippen LogP contribution >= 0.6 is 0 Å². The Labute approximate surface area is 187 Å². The third-order valence-corrected chi connectivity index (χ3v) is 11.6. The summed E-state index contributed by atoms with van der Waals surface area (Å²) in [5.74, 6) is 0. The van der Waals surface area contributed by atoms with Crippen molar-refractivity contribution in [2.75, 3.05) is 4.57 Å². The van der Waals surface area contributed by atoms with E-state index in [2.05, 4.69) is 106 Å². The van der Waals surface area contributed by atoms with Crippen LogP contribution in [0.1, 0.15) is 0 Å². The third-order valence-electron chi connectivity index (χ3n) is 6.82. The smallest absolute Gasteiger partial charge is 0.258 e. The van der Waals surface area contributed by atoms with E-state index in [1.54, 1.807) is 0 Å². The van der Waals surface area contributed by atoms with E-state index in [1.165, 1.54) is 49.2 Å². The largest absolute Gasteiger partial charge is 0.355 e. The third kappa shape index (κ3) is 2.09. The molecule has 0 radical (unpaired) electrons. The lowest BCUT2D eigenvalue weighted by Gasteiger charge is -2.52. The van der Waals surface area contributed by atoms with Crippen LogP contribution in [0.2, 0.25) is 0 Å². The Bertz CT molecular complexity index is 1400. The number of aromatic nitrogens is 2. The molecule has 0 bridgehead atoms. The standard InChI is InChI=1S/C28H19N3Si/c1-2-8-20(9-3-1)32-27-12-6-4-10-21(27)23-18-29-16-14-25(23)31(32)26-15-17-30-19-24(26)22-11-5-7-13-28(22)32/h1-19H. The Hall–Kier alpha value is -4.02. The van der Waals surface area contributed by atoms with Crippen LogP contribution in [-0.4, -0.2) is 18.2 Å². The van der Waals surface area contributed by atoms with Gasteiger partial charge in [0, 0.05) is 47.3 Å². The summed E-state index contributed by atoms with van der Waals surface area (Å²) >= 11 is 0. The molecule has 0 saturated heterocycles. The highest BCUT2D eigenvalue weighted by Crippen LogP contribution is 2.48. The fraction of sp³-hybridized carbons (Fsp3) is 0. The Balaban J connectivity index is 1.75. The molecular formula is C28H19N3Si. The number of pyridine rings is 2. The number of benzene rings is 3. The first-order chi connectivity index (χ1) is 15.9. The summed E-state index contributed by atoms with van der Waals surface area (Å²) in [7, 11) is -2.64. The van der Waals surface area contributed by atoms with Gasteiger partial charge >= 0.3 is 0 Å². The van der Waals surface area contributed by atoms with Gasteiger partial charge in [0.25, 0.3) is 8.24 Å². The second-order valence-electron chi connectivity index (χ2n) is 8.29. The molecule has 0 N–H and O–H groups in total. The Morgan fingerprint density at radius 2 is 1.00 bits per heavy atom. The van der Waals surface area contributed by atoms with Crippen LogP contribution in [0.4, 0.5) is 11.4 Å². The van der Waals surface area contributed by atoms with Crippen molar-refractivity contribution >= 4 is 35.2 Å². The molecule has 0 spiro atoms. The summed E-state index contributed by atoms with van der Waals surface area (Å²) in [5.41, 5.74) is 7.38. The van der Waals surface area contributed by atoms with Gasteiger partial charge in [-0.2, -0.15) is 0 Å². The zero-order chi connectivity index (χ0) is 21.1. The monoisotopic (exact) mass is 425 g/mol. The number of hydrogen-bond donors (Lipinski definition) is 0. The van der Waals surface area contributed by atoms with E-state index in [0.29, 0.717) is 0 Å². The van der Waals surface area contributed by atoms with Gasteiger partial charge in [-0.1, -0.05) is 78.9 Å². The van der Waals surface area contributed by atoms with Crippen molar-refractivity contribution in [2.45, 2.75) is 0 Å². The predicted octanol–water partition coefficient (Wildman–Crippen LogP) is 4.24. The highest BCUT2D eigenvalue weighted by atomic mass is 28.3. The molecule has 32 heavy (non-hydrogen) atoms. The van der Waals surface area contributed by atoms with Crippen molar-refractivity contribution in [3.05, 3.63) is 116 Å². The zero-order valence-corrected chi connectivity index (χ0v) is 18.3. The Morgan fingerprint density at radius 1 is 0.500 bits per heavy atom. The molecule has 0 atom stereocenters. The molecule has 4 heterocycles. The molecule has 4 heteroatoms. The summed E-state index contributed by atoms with van der Waals surface area (Å²) in [6, 6.07) is 33.3. The number of hydrogen-bond acceptors (Lipinski definition) is 3. The van der Waals surface area contributed by atoms with Crippen molar-refractivity contribution in [3.63, 3.8) is 0 Å². The van der Waals surface area contributed by atoms with E-state index in [0.717, 1.165) is 0 Å². The molecule has 2 aromatic heterocycles. The molecular weight excluding hydrogens is 406 g/mol. The molecule has 0 saturated carbocycles. The molecule has 2 aliphatic rings. The highest BCUT2D eigenvalue weighted by Gasteiger charge is 2.54. The quantitative estimate of drug-likeness (QED) is 0.376. The van der Waals surface area contributed by atoms with Gasteiger partial charge in [-0.3, -0.25) is 9.97 Å². The molecule has 3 aromatic carbocycles. The van der Waals surface area contributed by atoms with Gasteiger partial charge in [-0.25, -0.2) is 0 Å². The molecule has 0 amide bonds. The van der Waals surface area contributed by atoms with Crippen molar-refractivity contribution in [1.82, 2.24) is 9.97 Å². The average molecular weight is 426 g/mol. The lowest BCUT2D eigenvalue weighted by atomic mass is 10.0. The van der Waals surface area contributed by atoms with Gasteiger partial charge in [0.15, 0.2) is 0 Å². The van der Waals surface area contributed by atoms with Crippen LogP contribution in [0.25, 0.3) is 22.3 Å². The average Bonchev–Trinajstić information content (AvgIpc) is 2.89. The van der Waals surface area contributed by atoms with E-state index in [9.17, 15) is 0 Å². The van der Waals surface area contributed by atoms with E-state index in [1.807, 2.05) is 24.8 Å². The van der Waals surface area contributed by atoms with Gasteiger partial charge in [0.2, 0.25) is 0 Å². The van der Waals surface area contributed by atoms with Gasteiger partial charge < -0.3 is 4.57 Å². The summed E-state index contributed by atoms with van der Waals surface area (Å²) in [5, 5.41) is 4.19. The Kier molecular flexibility index (Phi) is 3.57. The van der Waals surface area contributed by atoms with Crippen LogP contribution in [-0.2, 0) is 0 Å². The maximum Gasteiger partial charge on any atom is 0.258 e. The number of nitrogens with zero attached hydrogens (tertiary/aromatic N) is 3. The Morgan fingerprint density at radius 3 is 1.56 bits per heavy atom. The van der Waals surface area contributed by atoms with Gasteiger partial charge in [0.05, 0.1) is 0 Å². The van der Waals surface area contributed by atoms with Crippen LogP contribution in [0.3, 0.4) is 0 Å². The van der Waals surface area contributed by atoms with Crippen molar-refractivity contribution in [3.8, 4) is 22.3 Å².